The highest BCUT2D eigenvalue weighted by Crippen LogP contribution is 2.17. The number of aryl methyl sites for hydroxylation is 1. The Labute approximate surface area is 141 Å². The Hall–Kier alpha value is -2.31. The molecule has 24 heavy (non-hydrogen) atoms. The van der Waals surface area contributed by atoms with Crippen molar-refractivity contribution in [1.82, 2.24) is 4.90 Å². The molecule has 1 saturated heterocycles. The van der Waals surface area contributed by atoms with Gasteiger partial charge in [0, 0.05) is 19.6 Å². The first-order valence-corrected chi connectivity index (χ1v) is 8.05. The van der Waals surface area contributed by atoms with Crippen LogP contribution in [0.3, 0.4) is 0 Å². The molecule has 0 spiro atoms. The molecule has 3 rings (SSSR count). The molecule has 0 saturated carbocycles. The summed E-state index contributed by atoms with van der Waals surface area (Å²) in [5, 5.41) is 0. The fourth-order valence-corrected chi connectivity index (χ4v) is 2.56. The Kier molecular flexibility index (Phi) is 5.17. The third kappa shape index (κ3) is 3.96. The summed E-state index contributed by atoms with van der Waals surface area (Å²) in [6, 6.07) is 11.2. The van der Waals surface area contributed by atoms with Crippen molar-refractivity contribution < 1.29 is 18.7 Å². The van der Waals surface area contributed by atoms with E-state index in [0.717, 1.165) is 5.75 Å². The molecule has 0 aliphatic carbocycles. The standard InChI is InChI=1S/C18H22N2O4/c1-13-2-4-14(5-3-13)23-12-15-6-7-17(24-15)18(21)20-8-9-22-16(10-19)11-20/h2-7,16H,8-12,19H2,1H3. The van der Waals surface area contributed by atoms with Gasteiger partial charge in [0.05, 0.1) is 12.7 Å². The van der Waals surface area contributed by atoms with Crippen molar-refractivity contribution in [2.45, 2.75) is 19.6 Å². The first-order valence-electron chi connectivity index (χ1n) is 8.05. The van der Waals surface area contributed by atoms with Crippen molar-refractivity contribution in [2.75, 3.05) is 26.2 Å². The summed E-state index contributed by atoms with van der Waals surface area (Å²) in [6.45, 7) is 4.24. The van der Waals surface area contributed by atoms with Gasteiger partial charge in [-0.1, -0.05) is 17.7 Å². The van der Waals surface area contributed by atoms with Gasteiger partial charge in [0.25, 0.3) is 5.91 Å². The number of morpholine rings is 1. The highest BCUT2D eigenvalue weighted by molar-refractivity contribution is 5.91. The van der Waals surface area contributed by atoms with E-state index in [1.807, 2.05) is 31.2 Å². The third-order valence-corrected chi connectivity index (χ3v) is 3.96. The topological polar surface area (TPSA) is 77.9 Å². The third-order valence-electron chi connectivity index (χ3n) is 3.96. The zero-order chi connectivity index (χ0) is 16.9. The number of benzene rings is 1. The number of nitrogens with zero attached hydrogens (tertiary/aromatic N) is 1. The van der Waals surface area contributed by atoms with Crippen LogP contribution in [0.15, 0.2) is 40.8 Å². The lowest BCUT2D eigenvalue weighted by molar-refractivity contribution is -0.0178. The maximum atomic E-state index is 12.5. The van der Waals surface area contributed by atoms with E-state index in [9.17, 15) is 4.79 Å². The summed E-state index contributed by atoms with van der Waals surface area (Å²) < 4.78 is 16.8. The maximum absolute atomic E-state index is 12.5. The molecule has 0 bridgehead atoms. The van der Waals surface area contributed by atoms with Crippen molar-refractivity contribution in [3.63, 3.8) is 0 Å². The van der Waals surface area contributed by atoms with E-state index in [-0.39, 0.29) is 18.6 Å². The molecule has 2 heterocycles. The van der Waals surface area contributed by atoms with Crippen LogP contribution in [0.25, 0.3) is 0 Å². The van der Waals surface area contributed by atoms with Crippen LogP contribution in [0.1, 0.15) is 21.9 Å². The largest absolute Gasteiger partial charge is 0.486 e. The number of rotatable bonds is 5. The fourth-order valence-electron chi connectivity index (χ4n) is 2.56. The zero-order valence-corrected chi connectivity index (χ0v) is 13.7. The van der Waals surface area contributed by atoms with Crippen LogP contribution in [-0.2, 0) is 11.3 Å². The van der Waals surface area contributed by atoms with Gasteiger partial charge in [-0.3, -0.25) is 4.79 Å². The van der Waals surface area contributed by atoms with Gasteiger partial charge in [-0.05, 0) is 31.2 Å². The van der Waals surface area contributed by atoms with Gasteiger partial charge in [-0.15, -0.1) is 0 Å². The number of carbonyl (C=O) groups is 1. The van der Waals surface area contributed by atoms with E-state index in [0.29, 0.717) is 37.8 Å². The number of hydrogen-bond donors (Lipinski definition) is 1. The van der Waals surface area contributed by atoms with E-state index in [2.05, 4.69) is 0 Å². The van der Waals surface area contributed by atoms with Gasteiger partial charge in [-0.2, -0.15) is 0 Å². The number of carbonyl (C=O) groups excluding carboxylic acids is 1. The Morgan fingerprint density at radius 3 is 2.83 bits per heavy atom. The highest BCUT2D eigenvalue weighted by Gasteiger charge is 2.26. The number of amides is 1. The van der Waals surface area contributed by atoms with Crippen LogP contribution in [-0.4, -0.2) is 43.2 Å². The lowest BCUT2D eigenvalue weighted by Gasteiger charge is -2.31. The van der Waals surface area contributed by atoms with Crippen molar-refractivity contribution in [2.24, 2.45) is 5.73 Å². The Balaban J connectivity index is 1.58. The first-order chi connectivity index (χ1) is 11.7. The molecule has 1 atom stereocenters. The van der Waals surface area contributed by atoms with Crippen LogP contribution in [0.2, 0.25) is 0 Å². The normalized spacial score (nSPS) is 17.8. The summed E-state index contributed by atoms with van der Waals surface area (Å²) in [5.41, 5.74) is 6.79. The van der Waals surface area contributed by atoms with Crippen molar-refractivity contribution in [3.8, 4) is 5.75 Å². The minimum Gasteiger partial charge on any atom is -0.486 e. The van der Waals surface area contributed by atoms with Gasteiger partial charge >= 0.3 is 0 Å². The molecule has 1 fully saturated rings. The highest BCUT2D eigenvalue weighted by atomic mass is 16.5. The fraction of sp³-hybridized carbons (Fsp3) is 0.389. The van der Waals surface area contributed by atoms with E-state index in [1.54, 1.807) is 17.0 Å². The molecular weight excluding hydrogens is 308 g/mol. The van der Waals surface area contributed by atoms with E-state index in [4.69, 9.17) is 19.6 Å². The van der Waals surface area contributed by atoms with Crippen LogP contribution in [0.4, 0.5) is 0 Å². The monoisotopic (exact) mass is 330 g/mol. The predicted octanol–water partition coefficient (Wildman–Crippen LogP) is 1.97. The molecule has 2 N–H and O–H groups in total. The quantitative estimate of drug-likeness (QED) is 0.907. The summed E-state index contributed by atoms with van der Waals surface area (Å²) in [4.78, 5) is 14.2. The van der Waals surface area contributed by atoms with Gasteiger partial charge in [0.1, 0.15) is 18.1 Å². The van der Waals surface area contributed by atoms with E-state index >= 15 is 0 Å². The minimum absolute atomic E-state index is 0.109. The van der Waals surface area contributed by atoms with Crippen molar-refractivity contribution in [3.05, 3.63) is 53.5 Å². The smallest absolute Gasteiger partial charge is 0.289 e. The van der Waals surface area contributed by atoms with E-state index < -0.39 is 0 Å². The van der Waals surface area contributed by atoms with Crippen LogP contribution >= 0.6 is 0 Å². The molecule has 128 valence electrons. The lowest BCUT2D eigenvalue weighted by atomic mass is 10.2. The molecular formula is C18H22N2O4. The molecule has 6 heteroatoms. The molecule has 1 aromatic carbocycles. The second kappa shape index (κ2) is 7.51. The Bertz CT molecular complexity index is 681. The predicted molar refractivity (Wildman–Crippen MR) is 88.9 cm³/mol. The van der Waals surface area contributed by atoms with Gasteiger partial charge < -0.3 is 24.5 Å². The van der Waals surface area contributed by atoms with Crippen molar-refractivity contribution >= 4 is 5.91 Å². The summed E-state index contributed by atoms with van der Waals surface area (Å²) in [7, 11) is 0. The van der Waals surface area contributed by atoms with Crippen LogP contribution in [0, 0.1) is 6.92 Å². The summed E-state index contributed by atoms with van der Waals surface area (Å²) >= 11 is 0. The Morgan fingerprint density at radius 1 is 1.29 bits per heavy atom. The minimum atomic E-state index is -0.140. The number of nitrogens with two attached hydrogens (primary N) is 1. The molecule has 1 amide bonds. The average Bonchev–Trinajstić information content (AvgIpc) is 3.09. The molecule has 1 aromatic heterocycles. The van der Waals surface area contributed by atoms with Crippen LogP contribution < -0.4 is 10.5 Å². The SMILES string of the molecule is Cc1ccc(OCc2ccc(C(=O)N3CCOC(CN)C3)o2)cc1. The zero-order valence-electron chi connectivity index (χ0n) is 13.7. The summed E-state index contributed by atoms with van der Waals surface area (Å²) in [6.07, 6.45) is -0.109. The molecule has 1 unspecified atom stereocenters. The maximum Gasteiger partial charge on any atom is 0.289 e. The average molecular weight is 330 g/mol. The molecule has 1 aliphatic heterocycles. The number of ether oxygens (including phenoxy) is 2. The number of furan rings is 1. The second-order valence-corrected chi connectivity index (χ2v) is 5.85. The summed E-state index contributed by atoms with van der Waals surface area (Å²) in [5.74, 6) is 1.56. The molecule has 2 aromatic rings. The molecule has 1 aliphatic rings. The number of hydrogen-bond acceptors (Lipinski definition) is 5. The second-order valence-electron chi connectivity index (χ2n) is 5.85. The molecule has 6 nitrogen and oxygen atoms in total. The Morgan fingerprint density at radius 2 is 2.08 bits per heavy atom. The van der Waals surface area contributed by atoms with Gasteiger partial charge in [0.15, 0.2) is 5.76 Å². The van der Waals surface area contributed by atoms with Gasteiger partial charge in [-0.25, -0.2) is 0 Å². The molecule has 0 radical (unpaired) electrons. The lowest BCUT2D eigenvalue weighted by Crippen LogP contribution is -2.48. The van der Waals surface area contributed by atoms with Gasteiger partial charge in [0.2, 0.25) is 0 Å². The van der Waals surface area contributed by atoms with Crippen LogP contribution in [0.5, 0.6) is 5.75 Å². The first kappa shape index (κ1) is 16.5. The van der Waals surface area contributed by atoms with Crippen molar-refractivity contribution in [1.29, 1.82) is 0 Å². The van der Waals surface area contributed by atoms with E-state index in [1.165, 1.54) is 5.56 Å².